The van der Waals surface area contributed by atoms with Gasteiger partial charge in [-0.15, -0.1) is 0 Å². The highest BCUT2D eigenvalue weighted by molar-refractivity contribution is 5.00. The van der Waals surface area contributed by atoms with Gasteiger partial charge in [0.05, 0.1) is 38.3 Å². The molecule has 2 aliphatic heterocycles. The third-order valence-electron chi connectivity index (χ3n) is 5.35. The molecule has 0 unspecified atom stereocenters. The highest BCUT2D eigenvalue weighted by Crippen LogP contribution is 2.35. The van der Waals surface area contributed by atoms with Gasteiger partial charge in [0.1, 0.15) is 11.5 Å². The fraction of sp³-hybridized carbons (Fsp3) is 0.579. The van der Waals surface area contributed by atoms with Gasteiger partial charge < -0.3 is 13.6 Å². The number of fused-ring (bicyclic) bond motifs is 1. The highest BCUT2D eigenvalue weighted by atomic mass is 16.5. The van der Waals surface area contributed by atoms with Crippen molar-refractivity contribution < 1.29 is 13.6 Å². The number of ether oxygens (including phenoxy) is 1. The third-order valence-corrected chi connectivity index (χ3v) is 5.35. The monoisotopic (exact) mass is 330 g/mol. The Bertz CT molecular complexity index is 611. The van der Waals surface area contributed by atoms with Crippen molar-refractivity contribution in [3.05, 3.63) is 48.3 Å². The van der Waals surface area contributed by atoms with E-state index in [2.05, 4.69) is 22.9 Å². The largest absolute Gasteiger partial charge is 0.468 e. The number of furan rings is 2. The number of likely N-dealkylation sites (tertiary alicyclic amines) is 1. The maximum Gasteiger partial charge on any atom is 0.117 e. The standard InChI is InChI=1S/C19H26N2O3/c1-20(10-16-4-2-8-22-16)13-19-18-12-21(7-6-15(18)14-24-19)11-17-5-3-9-23-17/h2-5,8-9,15,18-19H,6-7,10-14H2,1H3/t15-,18-,19+/m0/s1. The molecule has 0 aliphatic carbocycles. The van der Waals surface area contributed by atoms with Crippen LogP contribution in [0.2, 0.25) is 0 Å². The molecular weight excluding hydrogens is 304 g/mol. The summed E-state index contributed by atoms with van der Waals surface area (Å²) in [5.41, 5.74) is 0. The van der Waals surface area contributed by atoms with Crippen LogP contribution in [-0.4, -0.2) is 49.2 Å². The average molecular weight is 330 g/mol. The molecule has 24 heavy (non-hydrogen) atoms. The van der Waals surface area contributed by atoms with Crippen LogP contribution in [0.15, 0.2) is 45.6 Å². The van der Waals surface area contributed by atoms with Crippen LogP contribution in [0.3, 0.4) is 0 Å². The predicted molar refractivity (Wildman–Crippen MR) is 90.4 cm³/mol. The lowest BCUT2D eigenvalue weighted by Gasteiger charge is -2.36. The Labute approximate surface area is 143 Å². The van der Waals surface area contributed by atoms with Crippen LogP contribution in [0.4, 0.5) is 0 Å². The van der Waals surface area contributed by atoms with Crippen LogP contribution in [0, 0.1) is 11.8 Å². The lowest BCUT2D eigenvalue weighted by molar-refractivity contribution is 0.0449. The van der Waals surface area contributed by atoms with Gasteiger partial charge in [-0.25, -0.2) is 0 Å². The van der Waals surface area contributed by atoms with Gasteiger partial charge in [0.25, 0.3) is 0 Å². The molecule has 5 nitrogen and oxygen atoms in total. The summed E-state index contributed by atoms with van der Waals surface area (Å²) in [5, 5.41) is 0. The van der Waals surface area contributed by atoms with Crippen molar-refractivity contribution in [1.82, 2.24) is 9.80 Å². The van der Waals surface area contributed by atoms with E-state index in [0.717, 1.165) is 50.9 Å². The molecule has 5 heteroatoms. The second kappa shape index (κ2) is 7.13. The summed E-state index contributed by atoms with van der Waals surface area (Å²) in [6.07, 6.45) is 5.03. The second-order valence-corrected chi connectivity index (χ2v) is 7.17. The predicted octanol–water partition coefficient (Wildman–Crippen LogP) is 2.84. The molecule has 2 aromatic rings. The quantitative estimate of drug-likeness (QED) is 0.815. The number of likely N-dealkylation sites (N-methyl/N-ethyl adjacent to an activating group) is 1. The van der Waals surface area contributed by atoms with E-state index in [1.54, 1.807) is 12.5 Å². The van der Waals surface area contributed by atoms with Crippen LogP contribution in [0.1, 0.15) is 17.9 Å². The molecule has 2 aliphatic rings. The second-order valence-electron chi connectivity index (χ2n) is 7.17. The van der Waals surface area contributed by atoms with Crippen molar-refractivity contribution in [2.45, 2.75) is 25.6 Å². The minimum Gasteiger partial charge on any atom is -0.468 e. The van der Waals surface area contributed by atoms with Crippen LogP contribution in [0.5, 0.6) is 0 Å². The van der Waals surface area contributed by atoms with Crippen molar-refractivity contribution in [3.63, 3.8) is 0 Å². The van der Waals surface area contributed by atoms with E-state index in [9.17, 15) is 0 Å². The van der Waals surface area contributed by atoms with Crippen molar-refractivity contribution in [3.8, 4) is 0 Å². The van der Waals surface area contributed by atoms with E-state index in [4.69, 9.17) is 13.6 Å². The lowest BCUT2D eigenvalue weighted by atomic mass is 9.84. The van der Waals surface area contributed by atoms with Gasteiger partial charge in [0.2, 0.25) is 0 Å². The van der Waals surface area contributed by atoms with Gasteiger partial charge in [-0.3, -0.25) is 9.80 Å². The number of nitrogens with zero attached hydrogens (tertiary/aromatic N) is 2. The Morgan fingerprint density at radius 1 is 1.17 bits per heavy atom. The number of hydrogen-bond donors (Lipinski definition) is 0. The Balaban J connectivity index is 1.33. The molecule has 0 radical (unpaired) electrons. The summed E-state index contributed by atoms with van der Waals surface area (Å²) in [6.45, 7) is 5.85. The molecular formula is C19H26N2O3. The molecule has 2 fully saturated rings. The van der Waals surface area contributed by atoms with E-state index < -0.39 is 0 Å². The van der Waals surface area contributed by atoms with Crippen molar-refractivity contribution in [1.29, 1.82) is 0 Å². The number of hydrogen-bond acceptors (Lipinski definition) is 5. The molecule has 0 bridgehead atoms. The normalized spacial score (nSPS) is 27.7. The summed E-state index contributed by atoms with van der Waals surface area (Å²) in [4.78, 5) is 4.81. The maximum absolute atomic E-state index is 6.15. The zero-order valence-corrected chi connectivity index (χ0v) is 14.3. The SMILES string of the molecule is CN(Cc1ccco1)C[C@H]1OC[C@@H]2CCN(Cc3ccco3)C[C@@H]21. The van der Waals surface area contributed by atoms with Crippen LogP contribution in [-0.2, 0) is 17.8 Å². The molecule has 130 valence electrons. The van der Waals surface area contributed by atoms with Crippen LogP contribution in [0.25, 0.3) is 0 Å². The Morgan fingerprint density at radius 3 is 2.71 bits per heavy atom. The molecule has 0 amide bonds. The Kier molecular flexibility index (Phi) is 4.74. The first-order valence-electron chi connectivity index (χ1n) is 8.85. The first kappa shape index (κ1) is 15.9. The summed E-state index contributed by atoms with van der Waals surface area (Å²) in [6, 6.07) is 8.00. The van der Waals surface area contributed by atoms with Crippen molar-refractivity contribution in [2.75, 3.05) is 33.3 Å². The zero-order chi connectivity index (χ0) is 16.4. The smallest absolute Gasteiger partial charge is 0.117 e. The summed E-state index contributed by atoms with van der Waals surface area (Å²) in [7, 11) is 2.14. The molecule has 0 N–H and O–H groups in total. The third kappa shape index (κ3) is 3.58. The van der Waals surface area contributed by atoms with E-state index in [1.165, 1.54) is 6.42 Å². The topological polar surface area (TPSA) is 42.0 Å². The van der Waals surface area contributed by atoms with Gasteiger partial charge >= 0.3 is 0 Å². The summed E-state index contributed by atoms with van der Waals surface area (Å²) >= 11 is 0. The molecule has 3 atom stereocenters. The van der Waals surface area contributed by atoms with Gasteiger partial charge in [0.15, 0.2) is 0 Å². The molecule has 0 aromatic carbocycles. The molecule has 2 aromatic heterocycles. The average Bonchev–Trinajstić information content (AvgIpc) is 3.31. The minimum atomic E-state index is 0.314. The van der Waals surface area contributed by atoms with E-state index in [0.29, 0.717) is 17.9 Å². The molecule has 2 saturated heterocycles. The summed E-state index contributed by atoms with van der Waals surface area (Å²) in [5.74, 6) is 3.39. The minimum absolute atomic E-state index is 0.314. The zero-order valence-electron chi connectivity index (χ0n) is 14.3. The van der Waals surface area contributed by atoms with Gasteiger partial charge in [0, 0.05) is 19.0 Å². The summed E-state index contributed by atoms with van der Waals surface area (Å²) < 4.78 is 17.1. The van der Waals surface area contributed by atoms with Crippen LogP contribution < -0.4 is 0 Å². The molecule has 0 spiro atoms. The van der Waals surface area contributed by atoms with E-state index >= 15 is 0 Å². The highest BCUT2D eigenvalue weighted by Gasteiger charge is 2.41. The number of rotatable bonds is 6. The lowest BCUT2D eigenvalue weighted by Crippen LogP contribution is -2.44. The van der Waals surface area contributed by atoms with Gasteiger partial charge in [-0.1, -0.05) is 0 Å². The van der Waals surface area contributed by atoms with Crippen molar-refractivity contribution >= 4 is 0 Å². The Morgan fingerprint density at radius 2 is 1.96 bits per heavy atom. The first-order chi connectivity index (χ1) is 11.8. The van der Waals surface area contributed by atoms with E-state index in [-0.39, 0.29) is 0 Å². The molecule has 0 saturated carbocycles. The number of piperidine rings is 1. The first-order valence-corrected chi connectivity index (χ1v) is 8.85. The van der Waals surface area contributed by atoms with Crippen molar-refractivity contribution in [2.24, 2.45) is 11.8 Å². The maximum atomic E-state index is 6.15. The fourth-order valence-electron chi connectivity index (χ4n) is 4.09. The van der Waals surface area contributed by atoms with Crippen LogP contribution >= 0.6 is 0 Å². The molecule has 4 rings (SSSR count). The Hall–Kier alpha value is -1.56. The fourth-order valence-corrected chi connectivity index (χ4v) is 4.09. The molecule has 4 heterocycles. The van der Waals surface area contributed by atoms with Gasteiger partial charge in [-0.2, -0.15) is 0 Å². The van der Waals surface area contributed by atoms with Gasteiger partial charge in [-0.05, 0) is 50.2 Å². The van der Waals surface area contributed by atoms with E-state index in [1.807, 2.05) is 18.2 Å².